The van der Waals surface area contributed by atoms with E-state index in [0.29, 0.717) is 0 Å². The number of thiazole rings is 1. The quantitative estimate of drug-likeness (QED) is 0.867. The third-order valence-corrected chi connectivity index (χ3v) is 3.68. The lowest BCUT2D eigenvalue weighted by Gasteiger charge is -2.01. The molecular weight excluding hydrogens is 337 g/mol. The number of alkyl halides is 3. The van der Waals surface area contributed by atoms with Gasteiger partial charge in [0.25, 0.3) is 5.91 Å². The molecule has 124 valence electrons. The first-order valence-electron chi connectivity index (χ1n) is 6.38. The van der Waals surface area contributed by atoms with Gasteiger partial charge in [-0.1, -0.05) is 6.92 Å². The van der Waals surface area contributed by atoms with Crippen molar-refractivity contribution < 1.29 is 32.3 Å². The molecule has 0 aliphatic heterocycles. The van der Waals surface area contributed by atoms with Crippen LogP contribution in [0.5, 0.6) is 0 Å². The van der Waals surface area contributed by atoms with E-state index < -0.39 is 23.7 Å². The van der Waals surface area contributed by atoms with Crippen LogP contribution in [0.4, 0.5) is 13.2 Å². The van der Waals surface area contributed by atoms with Crippen molar-refractivity contribution in [1.82, 2.24) is 10.3 Å². The second kappa shape index (κ2) is 6.41. The summed E-state index contributed by atoms with van der Waals surface area (Å²) in [6.45, 7) is 1.45. The van der Waals surface area contributed by atoms with Crippen molar-refractivity contribution in [2.45, 2.75) is 26.1 Å². The van der Waals surface area contributed by atoms with Gasteiger partial charge in [0, 0.05) is 17.9 Å². The van der Waals surface area contributed by atoms with Gasteiger partial charge in [0.05, 0.1) is 6.54 Å². The Morgan fingerprint density at radius 1 is 1.43 bits per heavy atom. The number of rotatable bonds is 5. The van der Waals surface area contributed by atoms with Crippen molar-refractivity contribution in [3.8, 4) is 0 Å². The molecular formula is C13H11F3N2O4S. The summed E-state index contributed by atoms with van der Waals surface area (Å²) in [7, 11) is 0. The van der Waals surface area contributed by atoms with Crippen molar-refractivity contribution in [2.75, 3.05) is 0 Å². The van der Waals surface area contributed by atoms with E-state index in [4.69, 9.17) is 9.52 Å². The van der Waals surface area contributed by atoms with Crippen LogP contribution in [0, 0.1) is 0 Å². The number of carboxylic acids is 1. The van der Waals surface area contributed by atoms with Crippen molar-refractivity contribution in [3.05, 3.63) is 39.2 Å². The van der Waals surface area contributed by atoms with Crippen LogP contribution in [0.15, 0.2) is 15.9 Å². The third-order valence-electron chi connectivity index (χ3n) is 2.83. The standard InChI is InChI=1S/C13H11F3N2O4S/c1-2-7-6(12(20)21)3-8(22-7)11(19)17-4-10-18-9(5-23-10)13(14,15)16/h3,5H,2,4H2,1H3,(H,17,19)(H,20,21). The molecule has 0 spiro atoms. The smallest absolute Gasteiger partial charge is 0.434 e. The van der Waals surface area contributed by atoms with Crippen molar-refractivity contribution in [2.24, 2.45) is 0 Å². The first kappa shape index (κ1) is 17.0. The van der Waals surface area contributed by atoms with Crippen LogP contribution < -0.4 is 5.32 Å². The van der Waals surface area contributed by atoms with Gasteiger partial charge in [-0.2, -0.15) is 13.2 Å². The highest BCUT2D eigenvalue weighted by Crippen LogP contribution is 2.29. The van der Waals surface area contributed by atoms with Gasteiger partial charge < -0.3 is 14.8 Å². The number of carbonyl (C=O) groups excluding carboxylic acids is 1. The van der Waals surface area contributed by atoms with Gasteiger partial charge in [0.2, 0.25) is 0 Å². The highest BCUT2D eigenvalue weighted by Gasteiger charge is 2.33. The topological polar surface area (TPSA) is 92.4 Å². The maximum Gasteiger partial charge on any atom is 0.434 e. The fourth-order valence-corrected chi connectivity index (χ4v) is 2.49. The predicted octanol–water partition coefficient (Wildman–Crippen LogP) is 2.95. The molecule has 2 aromatic rings. The molecule has 0 atom stereocenters. The Labute approximate surface area is 131 Å². The van der Waals surface area contributed by atoms with Crippen LogP contribution >= 0.6 is 11.3 Å². The van der Waals surface area contributed by atoms with Gasteiger partial charge in [-0.05, 0) is 0 Å². The minimum absolute atomic E-state index is 0.0754. The van der Waals surface area contributed by atoms with Crippen molar-refractivity contribution in [3.63, 3.8) is 0 Å². The maximum absolute atomic E-state index is 12.4. The molecule has 2 heterocycles. The number of halogens is 3. The summed E-state index contributed by atoms with van der Waals surface area (Å²) >= 11 is 0.761. The van der Waals surface area contributed by atoms with E-state index in [1.54, 1.807) is 6.92 Å². The van der Waals surface area contributed by atoms with Gasteiger partial charge in [-0.25, -0.2) is 9.78 Å². The van der Waals surface area contributed by atoms with Crippen LogP contribution in [0.3, 0.4) is 0 Å². The van der Waals surface area contributed by atoms with Crippen LogP contribution in [0.1, 0.15) is 44.3 Å². The first-order chi connectivity index (χ1) is 10.7. The Hall–Kier alpha value is -2.36. The maximum atomic E-state index is 12.4. The molecule has 2 aromatic heterocycles. The summed E-state index contributed by atoms with van der Waals surface area (Å²) in [5.41, 5.74) is -1.14. The van der Waals surface area contributed by atoms with Crippen LogP contribution in [-0.4, -0.2) is 22.0 Å². The Morgan fingerprint density at radius 2 is 2.13 bits per heavy atom. The van der Waals surface area contributed by atoms with Crippen LogP contribution in [-0.2, 0) is 19.1 Å². The number of aromatic carboxylic acids is 1. The number of carbonyl (C=O) groups is 2. The third kappa shape index (κ3) is 3.89. The normalized spacial score (nSPS) is 11.5. The van der Waals surface area contributed by atoms with E-state index in [1.807, 2.05) is 0 Å². The molecule has 0 radical (unpaired) electrons. The number of furan rings is 1. The summed E-state index contributed by atoms with van der Waals surface area (Å²) in [4.78, 5) is 26.2. The largest absolute Gasteiger partial charge is 0.478 e. The summed E-state index contributed by atoms with van der Waals surface area (Å²) < 4.78 is 42.4. The second-order valence-electron chi connectivity index (χ2n) is 4.41. The molecule has 0 unspecified atom stereocenters. The Balaban J connectivity index is 2.05. The number of amides is 1. The minimum atomic E-state index is -4.54. The lowest BCUT2D eigenvalue weighted by atomic mass is 10.2. The molecule has 0 saturated carbocycles. The second-order valence-corrected chi connectivity index (χ2v) is 5.36. The lowest BCUT2D eigenvalue weighted by molar-refractivity contribution is -0.140. The van der Waals surface area contributed by atoms with Crippen molar-refractivity contribution in [1.29, 1.82) is 0 Å². The van der Waals surface area contributed by atoms with Gasteiger partial charge >= 0.3 is 12.1 Å². The number of hydrogen-bond donors (Lipinski definition) is 2. The Kier molecular flexibility index (Phi) is 4.73. The van der Waals surface area contributed by atoms with E-state index >= 15 is 0 Å². The van der Waals surface area contributed by atoms with Crippen LogP contribution in [0.25, 0.3) is 0 Å². The summed E-state index contributed by atoms with van der Waals surface area (Å²) in [6.07, 6.45) is -4.25. The summed E-state index contributed by atoms with van der Waals surface area (Å²) in [6, 6.07) is 1.08. The molecule has 6 nitrogen and oxygen atoms in total. The van der Waals surface area contributed by atoms with Gasteiger partial charge in [0.1, 0.15) is 16.3 Å². The zero-order valence-electron chi connectivity index (χ0n) is 11.7. The monoisotopic (exact) mass is 348 g/mol. The molecule has 2 rings (SSSR count). The molecule has 0 saturated heterocycles. The zero-order valence-corrected chi connectivity index (χ0v) is 12.5. The highest BCUT2D eigenvalue weighted by molar-refractivity contribution is 7.09. The van der Waals surface area contributed by atoms with Gasteiger partial charge in [0.15, 0.2) is 11.5 Å². The molecule has 0 fully saturated rings. The van der Waals surface area contributed by atoms with E-state index in [1.165, 1.54) is 0 Å². The fourth-order valence-electron chi connectivity index (χ4n) is 1.75. The molecule has 2 N–H and O–H groups in total. The molecule has 23 heavy (non-hydrogen) atoms. The van der Waals surface area contributed by atoms with Crippen LogP contribution in [0.2, 0.25) is 0 Å². The number of aromatic nitrogens is 1. The van der Waals surface area contributed by atoms with E-state index in [9.17, 15) is 22.8 Å². The number of hydrogen-bond acceptors (Lipinski definition) is 5. The van der Waals surface area contributed by atoms with E-state index in [0.717, 1.165) is 22.8 Å². The fraction of sp³-hybridized carbons (Fsp3) is 0.308. The summed E-state index contributed by atoms with van der Waals surface area (Å²) in [5.74, 6) is -2.02. The molecule has 0 bridgehead atoms. The zero-order chi connectivity index (χ0) is 17.2. The Bertz CT molecular complexity index is 736. The van der Waals surface area contributed by atoms with E-state index in [-0.39, 0.29) is 35.1 Å². The molecule has 1 amide bonds. The average Bonchev–Trinajstić information content (AvgIpc) is 3.10. The number of nitrogens with one attached hydrogen (secondary N) is 1. The van der Waals surface area contributed by atoms with Crippen molar-refractivity contribution >= 4 is 23.2 Å². The summed E-state index contributed by atoms with van der Waals surface area (Å²) in [5, 5.41) is 12.2. The van der Waals surface area contributed by atoms with E-state index in [2.05, 4.69) is 10.3 Å². The highest BCUT2D eigenvalue weighted by atomic mass is 32.1. The SMILES string of the molecule is CCc1oc(C(=O)NCc2nc(C(F)(F)F)cs2)cc1C(=O)O. The first-order valence-corrected chi connectivity index (χ1v) is 7.26. The molecule has 10 heteroatoms. The minimum Gasteiger partial charge on any atom is -0.478 e. The van der Waals surface area contributed by atoms with Gasteiger partial charge in [-0.3, -0.25) is 4.79 Å². The molecule has 0 aliphatic carbocycles. The Morgan fingerprint density at radius 3 is 2.61 bits per heavy atom. The predicted molar refractivity (Wildman–Crippen MR) is 73.3 cm³/mol. The van der Waals surface area contributed by atoms with Gasteiger partial charge in [-0.15, -0.1) is 11.3 Å². The number of nitrogens with zero attached hydrogens (tertiary/aromatic N) is 1. The average molecular weight is 348 g/mol. The number of aryl methyl sites for hydroxylation is 1. The molecule has 0 aromatic carbocycles. The lowest BCUT2D eigenvalue weighted by Crippen LogP contribution is -2.22. The number of carboxylic acid groups (broad SMARTS) is 1. The molecule has 0 aliphatic rings.